The summed E-state index contributed by atoms with van der Waals surface area (Å²) < 4.78 is 25.2. The topological polar surface area (TPSA) is 93.4 Å². The normalized spacial score (nSPS) is 12.9. The molecule has 0 aliphatic rings. The first-order valence-corrected chi connectivity index (χ1v) is 9.15. The number of aromatic nitrogens is 3. The number of pyridine rings is 2. The van der Waals surface area contributed by atoms with Gasteiger partial charge in [0.1, 0.15) is 0 Å². The van der Waals surface area contributed by atoms with Crippen molar-refractivity contribution in [2.75, 3.05) is 6.26 Å². The van der Waals surface area contributed by atoms with Crippen molar-refractivity contribution in [3.63, 3.8) is 0 Å². The van der Waals surface area contributed by atoms with Gasteiger partial charge in [0.15, 0.2) is 5.69 Å². The lowest BCUT2D eigenvalue weighted by molar-refractivity contribution is 0.0936. The molecule has 3 heterocycles. The Morgan fingerprint density at radius 2 is 1.92 bits per heavy atom. The molecule has 24 heavy (non-hydrogen) atoms. The highest BCUT2D eigenvalue weighted by Crippen LogP contribution is 2.18. The number of imidazole rings is 1. The largest absolute Gasteiger partial charge is 0.344 e. The third kappa shape index (κ3) is 3.00. The first kappa shape index (κ1) is 16.1. The van der Waals surface area contributed by atoms with Gasteiger partial charge in [-0.3, -0.25) is 14.2 Å². The molecular formula is C16H16N4O3S. The zero-order valence-electron chi connectivity index (χ0n) is 13.2. The van der Waals surface area contributed by atoms with Crippen molar-refractivity contribution in [3.05, 3.63) is 60.2 Å². The van der Waals surface area contributed by atoms with Gasteiger partial charge in [0, 0.05) is 24.8 Å². The molecule has 0 aliphatic heterocycles. The molecule has 3 aromatic heterocycles. The van der Waals surface area contributed by atoms with E-state index in [0.29, 0.717) is 5.52 Å². The van der Waals surface area contributed by atoms with Crippen molar-refractivity contribution < 1.29 is 13.2 Å². The van der Waals surface area contributed by atoms with Crippen LogP contribution in [0.15, 0.2) is 54.1 Å². The van der Waals surface area contributed by atoms with Crippen molar-refractivity contribution in [3.8, 4) is 0 Å². The van der Waals surface area contributed by atoms with Crippen LogP contribution in [0.4, 0.5) is 0 Å². The van der Waals surface area contributed by atoms with E-state index in [-0.39, 0.29) is 16.9 Å². The van der Waals surface area contributed by atoms with Gasteiger partial charge in [-0.15, -0.1) is 0 Å². The number of hydrogen-bond acceptors (Lipinski definition) is 5. The van der Waals surface area contributed by atoms with Gasteiger partial charge < -0.3 is 5.32 Å². The predicted molar refractivity (Wildman–Crippen MR) is 88.4 cm³/mol. The van der Waals surface area contributed by atoms with Crippen molar-refractivity contribution in [1.82, 2.24) is 19.7 Å². The zero-order chi connectivity index (χ0) is 17.3. The second kappa shape index (κ2) is 6.04. The molecule has 0 saturated heterocycles. The minimum absolute atomic E-state index is 0.0805. The van der Waals surface area contributed by atoms with E-state index in [1.807, 2.05) is 6.92 Å². The molecule has 3 aromatic rings. The smallest absolute Gasteiger partial charge is 0.272 e. The summed E-state index contributed by atoms with van der Waals surface area (Å²) in [4.78, 5) is 20.6. The Labute approximate surface area is 139 Å². The molecule has 0 spiro atoms. The Kier molecular flexibility index (Phi) is 4.06. The van der Waals surface area contributed by atoms with E-state index in [4.69, 9.17) is 0 Å². The van der Waals surface area contributed by atoms with Crippen LogP contribution in [-0.4, -0.2) is 34.9 Å². The Morgan fingerprint density at radius 1 is 1.21 bits per heavy atom. The number of amides is 1. The van der Waals surface area contributed by atoms with Gasteiger partial charge >= 0.3 is 0 Å². The lowest BCUT2D eigenvalue weighted by Crippen LogP contribution is -2.27. The third-order valence-electron chi connectivity index (χ3n) is 3.62. The summed E-state index contributed by atoms with van der Waals surface area (Å²) in [6, 6.07) is 8.42. The van der Waals surface area contributed by atoms with Gasteiger partial charge in [0.05, 0.1) is 11.6 Å². The fourth-order valence-electron chi connectivity index (χ4n) is 2.44. The molecule has 0 unspecified atom stereocenters. The maximum atomic E-state index is 12.6. The predicted octanol–water partition coefficient (Wildman–Crippen LogP) is 1.62. The van der Waals surface area contributed by atoms with Gasteiger partial charge in [0.2, 0.25) is 15.0 Å². The van der Waals surface area contributed by atoms with Crippen molar-refractivity contribution in [1.29, 1.82) is 0 Å². The van der Waals surface area contributed by atoms with Gasteiger partial charge in [0.25, 0.3) is 5.91 Å². The van der Waals surface area contributed by atoms with Crippen LogP contribution < -0.4 is 5.32 Å². The fourth-order valence-corrected chi connectivity index (χ4v) is 3.21. The van der Waals surface area contributed by atoms with E-state index in [1.54, 1.807) is 48.9 Å². The lowest BCUT2D eigenvalue weighted by atomic mass is 10.1. The maximum absolute atomic E-state index is 12.6. The first-order valence-electron chi connectivity index (χ1n) is 7.26. The second-order valence-corrected chi connectivity index (χ2v) is 7.36. The molecule has 3 rings (SSSR count). The lowest BCUT2D eigenvalue weighted by Gasteiger charge is -2.13. The SMILES string of the molecule is C[C@H](NC(=O)c1nc(S(C)(=O)=O)n2ccccc12)c1ccncc1. The summed E-state index contributed by atoms with van der Waals surface area (Å²) in [7, 11) is -3.56. The highest BCUT2D eigenvalue weighted by atomic mass is 32.2. The van der Waals surface area contributed by atoms with Crippen molar-refractivity contribution in [2.24, 2.45) is 0 Å². The van der Waals surface area contributed by atoms with E-state index >= 15 is 0 Å². The van der Waals surface area contributed by atoms with Crippen LogP contribution in [0.25, 0.3) is 5.52 Å². The number of sulfone groups is 1. The minimum Gasteiger partial charge on any atom is -0.344 e. The summed E-state index contributed by atoms with van der Waals surface area (Å²) in [6.45, 7) is 1.84. The van der Waals surface area contributed by atoms with Crippen LogP contribution in [0, 0.1) is 0 Å². The van der Waals surface area contributed by atoms with Crippen LogP contribution in [0.3, 0.4) is 0 Å². The number of carbonyl (C=O) groups excluding carboxylic acids is 1. The Morgan fingerprint density at radius 3 is 2.58 bits per heavy atom. The summed E-state index contributed by atoms with van der Waals surface area (Å²) in [6.07, 6.45) is 5.93. The maximum Gasteiger partial charge on any atom is 0.272 e. The summed E-state index contributed by atoms with van der Waals surface area (Å²) in [5.41, 5.74) is 1.42. The molecule has 0 saturated carbocycles. The molecule has 7 nitrogen and oxygen atoms in total. The van der Waals surface area contributed by atoms with Crippen LogP contribution in [0.5, 0.6) is 0 Å². The second-order valence-electron chi connectivity index (χ2n) is 5.45. The van der Waals surface area contributed by atoms with Crippen LogP contribution in [0.1, 0.15) is 29.0 Å². The third-order valence-corrected chi connectivity index (χ3v) is 4.57. The number of rotatable bonds is 4. The van der Waals surface area contributed by atoms with Crippen LogP contribution in [-0.2, 0) is 9.84 Å². The molecule has 0 aromatic carbocycles. The van der Waals surface area contributed by atoms with Crippen molar-refractivity contribution >= 4 is 21.3 Å². The number of fused-ring (bicyclic) bond motifs is 1. The van der Waals surface area contributed by atoms with E-state index in [2.05, 4.69) is 15.3 Å². The Balaban J connectivity index is 1.99. The monoisotopic (exact) mass is 344 g/mol. The molecular weight excluding hydrogens is 328 g/mol. The van der Waals surface area contributed by atoms with Crippen molar-refractivity contribution in [2.45, 2.75) is 18.1 Å². The number of nitrogens with zero attached hydrogens (tertiary/aromatic N) is 3. The van der Waals surface area contributed by atoms with E-state index in [1.165, 1.54) is 4.40 Å². The fraction of sp³-hybridized carbons (Fsp3) is 0.188. The molecule has 0 fully saturated rings. The van der Waals surface area contributed by atoms with E-state index < -0.39 is 15.7 Å². The average molecular weight is 344 g/mol. The summed E-state index contributed by atoms with van der Waals surface area (Å²) >= 11 is 0. The standard InChI is InChI=1S/C16H16N4O3S/c1-11(12-6-8-17-9-7-12)18-15(21)14-13-5-3-4-10-20(13)16(19-14)24(2,22)23/h3-11H,1-2H3,(H,18,21)/t11-/m0/s1. The molecule has 1 N–H and O–H groups in total. The zero-order valence-corrected chi connectivity index (χ0v) is 14.0. The number of nitrogens with one attached hydrogen (secondary N) is 1. The molecule has 1 atom stereocenters. The number of hydrogen-bond donors (Lipinski definition) is 1. The molecule has 0 radical (unpaired) electrons. The van der Waals surface area contributed by atoms with Crippen LogP contribution in [0.2, 0.25) is 0 Å². The highest BCUT2D eigenvalue weighted by molar-refractivity contribution is 7.90. The highest BCUT2D eigenvalue weighted by Gasteiger charge is 2.23. The molecule has 0 bridgehead atoms. The molecule has 124 valence electrons. The van der Waals surface area contributed by atoms with Gasteiger partial charge in [-0.1, -0.05) is 6.07 Å². The van der Waals surface area contributed by atoms with E-state index in [9.17, 15) is 13.2 Å². The Hall–Kier alpha value is -2.74. The van der Waals surface area contributed by atoms with Gasteiger partial charge in [-0.2, -0.15) is 0 Å². The van der Waals surface area contributed by atoms with Gasteiger partial charge in [-0.05, 0) is 36.8 Å². The first-order chi connectivity index (χ1) is 11.4. The molecule has 0 aliphatic carbocycles. The summed E-state index contributed by atoms with van der Waals surface area (Å²) in [5, 5.41) is 2.68. The average Bonchev–Trinajstić information content (AvgIpc) is 2.95. The minimum atomic E-state index is -3.56. The quantitative estimate of drug-likeness (QED) is 0.776. The summed E-state index contributed by atoms with van der Waals surface area (Å²) in [5.74, 6) is -0.432. The van der Waals surface area contributed by atoms with E-state index in [0.717, 1.165) is 11.8 Å². The Bertz CT molecular complexity index is 997. The van der Waals surface area contributed by atoms with Crippen LogP contribution >= 0.6 is 0 Å². The van der Waals surface area contributed by atoms with Gasteiger partial charge in [-0.25, -0.2) is 13.4 Å². The molecule has 8 heteroatoms. The molecule has 1 amide bonds. The number of carbonyl (C=O) groups is 1.